The first-order chi connectivity index (χ1) is 9.52. The van der Waals surface area contributed by atoms with Gasteiger partial charge < -0.3 is 15.4 Å². The zero-order chi connectivity index (χ0) is 15.0. The Morgan fingerprint density at radius 2 is 2.15 bits per heavy atom. The highest BCUT2D eigenvalue weighted by Crippen LogP contribution is 2.17. The standard InChI is InChI=1S/C14H20F2N2O2/c1-10(17-2)11-4-3-5-12(8-11)18-14(19)6-7-20-9-13(15)16/h3-5,8,10,13,17H,6-7,9H2,1-2H3,(H,18,19). The third-order valence-electron chi connectivity index (χ3n) is 2.82. The van der Waals surface area contributed by atoms with Crippen LogP contribution in [-0.2, 0) is 9.53 Å². The lowest BCUT2D eigenvalue weighted by molar-refractivity contribution is -0.117. The summed E-state index contributed by atoms with van der Waals surface area (Å²) in [6.45, 7) is 1.37. The Morgan fingerprint density at radius 3 is 2.80 bits per heavy atom. The molecule has 0 aromatic heterocycles. The monoisotopic (exact) mass is 286 g/mol. The molecule has 0 fully saturated rings. The van der Waals surface area contributed by atoms with Gasteiger partial charge in [-0.1, -0.05) is 12.1 Å². The molecule has 0 radical (unpaired) electrons. The fourth-order valence-electron chi connectivity index (χ4n) is 1.61. The van der Waals surface area contributed by atoms with E-state index in [1.807, 2.05) is 32.2 Å². The lowest BCUT2D eigenvalue weighted by atomic mass is 10.1. The molecule has 0 heterocycles. The molecule has 0 bridgehead atoms. The third-order valence-corrected chi connectivity index (χ3v) is 2.82. The summed E-state index contributed by atoms with van der Waals surface area (Å²) in [4.78, 5) is 11.6. The normalized spacial score (nSPS) is 12.4. The zero-order valence-electron chi connectivity index (χ0n) is 11.7. The molecule has 4 nitrogen and oxygen atoms in total. The molecule has 0 saturated carbocycles. The molecule has 20 heavy (non-hydrogen) atoms. The number of alkyl halides is 2. The highest BCUT2D eigenvalue weighted by molar-refractivity contribution is 5.90. The molecule has 112 valence electrons. The molecule has 1 atom stereocenters. The van der Waals surface area contributed by atoms with E-state index in [-0.39, 0.29) is 25.0 Å². The van der Waals surface area contributed by atoms with Crippen LogP contribution in [0.25, 0.3) is 0 Å². The molecule has 6 heteroatoms. The Hall–Kier alpha value is -1.53. The summed E-state index contributed by atoms with van der Waals surface area (Å²) in [7, 11) is 1.86. The topological polar surface area (TPSA) is 50.4 Å². The SMILES string of the molecule is CNC(C)c1cccc(NC(=O)CCOCC(F)F)c1. The van der Waals surface area contributed by atoms with Crippen molar-refractivity contribution >= 4 is 11.6 Å². The van der Waals surface area contributed by atoms with Gasteiger partial charge in [0.15, 0.2) is 0 Å². The zero-order valence-corrected chi connectivity index (χ0v) is 11.7. The van der Waals surface area contributed by atoms with Crippen LogP contribution in [0.1, 0.15) is 24.9 Å². The number of halogens is 2. The van der Waals surface area contributed by atoms with Crippen LogP contribution in [0.15, 0.2) is 24.3 Å². The van der Waals surface area contributed by atoms with Crippen LogP contribution in [-0.4, -0.2) is 32.6 Å². The molecule has 1 rings (SSSR count). The Balaban J connectivity index is 2.41. The first kappa shape index (κ1) is 16.5. The molecule has 1 amide bonds. The highest BCUT2D eigenvalue weighted by atomic mass is 19.3. The van der Waals surface area contributed by atoms with Gasteiger partial charge in [-0.25, -0.2) is 8.78 Å². The number of carbonyl (C=O) groups excluding carboxylic acids is 1. The predicted octanol–water partition coefficient (Wildman–Crippen LogP) is 2.58. The van der Waals surface area contributed by atoms with E-state index in [0.29, 0.717) is 5.69 Å². The largest absolute Gasteiger partial charge is 0.375 e. The number of amides is 1. The van der Waals surface area contributed by atoms with E-state index in [1.54, 1.807) is 6.07 Å². The molecule has 0 aliphatic rings. The van der Waals surface area contributed by atoms with E-state index >= 15 is 0 Å². The van der Waals surface area contributed by atoms with Gasteiger partial charge in [0.25, 0.3) is 6.43 Å². The summed E-state index contributed by atoms with van der Waals surface area (Å²) >= 11 is 0. The predicted molar refractivity (Wildman–Crippen MR) is 74.0 cm³/mol. The number of nitrogens with one attached hydrogen (secondary N) is 2. The van der Waals surface area contributed by atoms with Crippen LogP contribution >= 0.6 is 0 Å². The van der Waals surface area contributed by atoms with Crippen LogP contribution in [0, 0.1) is 0 Å². The lowest BCUT2D eigenvalue weighted by Gasteiger charge is -2.12. The first-order valence-corrected chi connectivity index (χ1v) is 6.46. The van der Waals surface area contributed by atoms with Crippen molar-refractivity contribution in [2.24, 2.45) is 0 Å². The molecular weight excluding hydrogens is 266 g/mol. The van der Waals surface area contributed by atoms with Crippen molar-refractivity contribution in [1.82, 2.24) is 5.32 Å². The van der Waals surface area contributed by atoms with Crippen molar-refractivity contribution in [3.8, 4) is 0 Å². The first-order valence-electron chi connectivity index (χ1n) is 6.46. The van der Waals surface area contributed by atoms with Crippen LogP contribution < -0.4 is 10.6 Å². The molecule has 0 aliphatic heterocycles. The van der Waals surface area contributed by atoms with Gasteiger partial charge in [0.2, 0.25) is 5.91 Å². The van der Waals surface area contributed by atoms with Crippen molar-refractivity contribution in [3.63, 3.8) is 0 Å². The van der Waals surface area contributed by atoms with Crippen LogP contribution in [0.2, 0.25) is 0 Å². The van der Waals surface area contributed by atoms with Gasteiger partial charge >= 0.3 is 0 Å². The average Bonchev–Trinajstić information content (AvgIpc) is 2.43. The maximum absolute atomic E-state index is 11.8. The summed E-state index contributed by atoms with van der Waals surface area (Å²) in [5.41, 5.74) is 1.74. The Bertz CT molecular complexity index is 427. The Morgan fingerprint density at radius 1 is 1.40 bits per heavy atom. The number of carbonyl (C=O) groups is 1. The summed E-state index contributed by atoms with van der Waals surface area (Å²) < 4.78 is 28.3. The maximum Gasteiger partial charge on any atom is 0.261 e. The molecule has 1 aromatic carbocycles. The van der Waals surface area contributed by atoms with E-state index in [2.05, 4.69) is 15.4 Å². The van der Waals surface area contributed by atoms with Crippen LogP contribution in [0.3, 0.4) is 0 Å². The number of rotatable bonds is 8. The van der Waals surface area contributed by atoms with E-state index in [1.165, 1.54) is 0 Å². The molecular formula is C14H20F2N2O2. The quantitative estimate of drug-likeness (QED) is 0.722. The van der Waals surface area contributed by atoms with Gasteiger partial charge in [0, 0.05) is 11.7 Å². The van der Waals surface area contributed by atoms with Crippen molar-refractivity contribution in [2.75, 3.05) is 25.6 Å². The molecule has 0 saturated heterocycles. The van der Waals surface area contributed by atoms with E-state index in [4.69, 9.17) is 0 Å². The van der Waals surface area contributed by atoms with Gasteiger partial charge in [-0.2, -0.15) is 0 Å². The molecule has 2 N–H and O–H groups in total. The molecule has 1 unspecified atom stereocenters. The molecule has 0 aliphatic carbocycles. The van der Waals surface area contributed by atoms with Gasteiger partial charge in [-0.15, -0.1) is 0 Å². The third kappa shape index (κ3) is 6.08. The Labute approximate surface area is 117 Å². The minimum absolute atomic E-state index is 0.0111. The summed E-state index contributed by atoms with van der Waals surface area (Å²) in [6.07, 6.45) is -2.45. The second-order valence-corrected chi connectivity index (χ2v) is 4.40. The fourth-order valence-corrected chi connectivity index (χ4v) is 1.61. The Kier molecular flexibility index (Phi) is 7.11. The van der Waals surface area contributed by atoms with Crippen molar-refractivity contribution in [1.29, 1.82) is 0 Å². The van der Waals surface area contributed by atoms with E-state index in [9.17, 15) is 13.6 Å². The lowest BCUT2D eigenvalue weighted by Crippen LogP contribution is -2.16. The van der Waals surface area contributed by atoms with Crippen LogP contribution in [0.5, 0.6) is 0 Å². The van der Waals surface area contributed by atoms with Gasteiger partial charge in [-0.05, 0) is 31.7 Å². The average molecular weight is 286 g/mol. The number of benzene rings is 1. The number of hydrogen-bond donors (Lipinski definition) is 2. The smallest absolute Gasteiger partial charge is 0.261 e. The highest BCUT2D eigenvalue weighted by Gasteiger charge is 2.07. The minimum Gasteiger partial charge on any atom is -0.375 e. The molecule has 1 aromatic rings. The summed E-state index contributed by atoms with van der Waals surface area (Å²) in [6, 6.07) is 7.65. The fraction of sp³-hybridized carbons (Fsp3) is 0.500. The maximum atomic E-state index is 11.8. The molecule has 0 spiro atoms. The van der Waals surface area contributed by atoms with Gasteiger partial charge in [0.05, 0.1) is 13.0 Å². The summed E-state index contributed by atoms with van der Waals surface area (Å²) in [5.74, 6) is -0.256. The number of ether oxygens (including phenoxy) is 1. The van der Waals surface area contributed by atoms with E-state index < -0.39 is 13.0 Å². The second kappa shape index (κ2) is 8.60. The van der Waals surface area contributed by atoms with E-state index in [0.717, 1.165) is 5.56 Å². The van der Waals surface area contributed by atoms with Crippen molar-refractivity contribution in [2.45, 2.75) is 25.8 Å². The van der Waals surface area contributed by atoms with Crippen molar-refractivity contribution in [3.05, 3.63) is 29.8 Å². The number of hydrogen-bond acceptors (Lipinski definition) is 3. The number of anilines is 1. The second-order valence-electron chi connectivity index (χ2n) is 4.40. The van der Waals surface area contributed by atoms with Crippen LogP contribution in [0.4, 0.5) is 14.5 Å². The van der Waals surface area contributed by atoms with Gasteiger partial charge in [-0.3, -0.25) is 4.79 Å². The minimum atomic E-state index is -2.50. The summed E-state index contributed by atoms with van der Waals surface area (Å²) in [5, 5.41) is 5.83. The van der Waals surface area contributed by atoms with Crippen molar-refractivity contribution < 1.29 is 18.3 Å². The van der Waals surface area contributed by atoms with Gasteiger partial charge in [0.1, 0.15) is 6.61 Å².